The Kier molecular flexibility index (Phi) is 4.45. The van der Waals surface area contributed by atoms with E-state index in [2.05, 4.69) is 10.1 Å². The molecule has 0 heterocycles. The van der Waals surface area contributed by atoms with Gasteiger partial charge in [-0.1, -0.05) is 0 Å². The zero-order valence-electron chi connectivity index (χ0n) is 9.45. The maximum Gasteiger partial charge on any atom is 0.397 e. The molecule has 1 amide bonds. The number of methoxy groups -OCH3 is 1. The van der Waals surface area contributed by atoms with Crippen LogP contribution in [0.1, 0.15) is 6.92 Å². The zero-order valence-corrected chi connectivity index (χ0v) is 9.45. The van der Waals surface area contributed by atoms with Gasteiger partial charge in [0.25, 0.3) is 0 Å². The van der Waals surface area contributed by atoms with Crippen molar-refractivity contribution in [3.63, 3.8) is 0 Å². The van der Waals surface area contributed by atoms with Crippen LogP contribution in [-0.4, -0.2) is 25.6 Å². The second kappa shape index (κ2) is 5.83. The van der Waals surface area contributed by atoms with Crippen LogP contribution in [0.4, 0.5) is 10.1 Å². The molecule has 1 aromatic rings. The van der Waals surface area contributed by atoms with E-state index in [4.69, 9.17) is 4.74 Å². The number of carbonyl (C=O) groups excluding carboxylic acids is 2. The second-order valence-electron chi connectivity index (χ2n) is 3.02. The van der Waals surface area contributed by atoms with Crippen LogP contribution in [0.3, 0.4) is 0 Å². The first kappa shape index (κ1) is 13.0. The minimum atomic E-state index is -1.00. The van der Waals surface area contributed by atoms with Crippen molar-refractivity contribution in [1.29, 1.82) is 0 Å². The highest BCUT2D eigenvalue weighted by atomic mass is 19.1. The Morgan fingerprint density at radius 1 is 1.41 bits per heavy atom. The van der Waals surface area contributed by atoms with E-state index in [0.29, 0.717) is 0 Å². The summed E-state index contributed by atoms with van der Waals surface area (Å²) < 4.78 is 22.2. The van der Waals surface area contributed by atoms with Crippen LogP contribution in [0.15, 0.2) is 18.2 Å². The van der Waals surface area contributed by atoms with E-state index in [1.54, 1.807) is 6.92 Å². The molecule has 0 aliphatic carbocycles. The van der Waals surface area contributed by atoms with Gasteiger partial charge in [-0.15, -0.1) is 0 Å². The Morgan fingerprint density at radius 3 is 2.71 bits per heavy atom. The average molecular weight is 241 g/mol. The first-order valence-electron chi connectivity index (χ1n) is 4.90. The summed E-state index contributed by atoms with van der Waals surface area (Å²) in [6.07, 6.45) is 0. The van der Waals surface area contributed by atoms with Crippen molar-refractivity contribution in [3.8, 4) is 5.75 Å². The van der Waals surface area contributed by atoms with Crippen molar-refractivity contribution in [3.05, 3.63) is 24.0 Å². The molecule has 92 valence electrons. The van der Waals surface area contributed by atoms with Crippen molar-refractivity contribution in [2.24, 2.45) is 0 Å². The van der Waals surface area contributed by atoms with Gasteiger partial charge in [0.15, 0.2) is 0 Å². The maximum atomic E-state index is 12.9. The average Bonchev–Trinajstić information content (AvgIpc) is 2.31. The standard InChI is InChI=1S/C11H12FNO4/c1-3-17-11(15)10(14)13-8-5-4-7(12)6-9(8)16-2/h4-6H,3H2,1-2H3,(H,13,14). The molecule has 0 saturated heterocycles. The maximum absolute atomic E-state index is 12.9. The lowest BCUT2D eigenvalue weighted by Gasteiger charge is -2.09. The molecular formula is C11H12FNO4. The summed E-state index contributed by atoms with van der Waals surface area (Å²) in [6.45, 7) is 1.69. The largest absolute Gasteiger partial charge is 0.494 e. The number of anilines is 1. The lowest BCUT2D eigenvalue weighted by molar-refractivity contribution is -0.152. The number of amides is 1. The van der Waals surface area contributed by atoms with Crippen molar-refractivity contribution in [2.45, 2.75) is 6.92 Å². The number of nitrogens with one attached hydrogen (secondary N) is 1. The fraction of sp³-hybridized carbons (Fsp3) is 0.273. The van der Waals surface area contributed by atoms with Crippen LogP contribution < -0.4 is 10.1 Å². The Morgan fingerprint density at radius 2 is 2.12 bits per heavy atom. The summed E-state index contributed by atoms with van der Waals surface area (Å²) in [7, 11) is 1.33. The van der Waals surface area contributed by atoms with E-state index in [-0.39, 0.29) is 18.0 Å². The fourth-order valence-electron chi connectivity index (χ4n) is 1.14. The molecule has 0 fully saturated rings. The quantitative estimate of drug-likeness (QED) is 0.640. The molecule has 1 N–H and O–H groups in total. The molecule has 0 aliphatic heterocycles. The minimum Gasteiger partial charge on any atom is -0.494 e. The van der Waals surface area contributed by atoms with Crippen LogP contribution in [0.5, 0.6) is 5.75 Å². The van der Waals surface area contributed by atoms with Crippen LogP contribution in [-0.2, 0) is 14.3 Å². The Hall–Kier alpha value is -2.11. The van der Waals surface area contributed by atoms with E-state index < -0.39 is 17.7 Å². The SMILES string of the molecule is CCOC(=O)C(=O)Nc1ccc(F)cc1OC. The van der Waals surface area contributed by atoms with Crippen molar-refractivity contribution in [2.75, 3.05) is 19.0 Å². The molecule has 17 heavy (non-hydrogen) atoms. The van der Waals surface area contributed by atoms with Gasteiger partial charge in [-0.05, 0) is 19.1 Å². The van der Waals surface area contributed by atoms with E-state index >= 15 is 0 Å². The third-order valence-electron chi connectivity index (χ3n) is 1.87. The number of rotatable bonds is 3. The van der Waals surface area contributed by atoms with Crippen molar-refractivity contribution < 1.29 is 23.5 Å². The Balaban J connectivity index is 2.81. The van der Waals surface area contributed by atoms with Gasteiger partial charge in [0.2, 0.25) is 0 Å². The Labute approximate surface area is 97.5 Å². The number of benzene rings is 1. The van der Waals surface area contributed by atoms with Gasteiger partial charge < -0.3 is 14.8 Å². The fourth-order valence-corrected chi connectivity index (χ4v) is 1.14. The van der Waals surface area contributed by atoms with Gasteiger partial charge in [0, 0.05) is 6.07 Å². The smallest absolute Gasteiger partial charge is 0.397 e. The summed E-state index contributed by atoms with van der Waals surface area (Å²) in [5.41, 5.74) is 0.201. The van der Waals surface area contributed by atoms with Gasteiger partial charge in [-0.2, -0.15) is 0 Å². The Bertz CT molecular complexity index is 433. The molecule has 0 aliphatic rings. The number of hydrogen-bond acceptors (Lipinski definition) is 4. The molecule has 0 radical (unpaired) electrons. The van der Waals surface area contributed by atoms with E-state index in [0.717, 1.165) is 12.1 Å². The first-order valence-corrected chi connectivity index (χ1v) is 4.90. The third kappa shape index (κ3) is 3.44. The van der Waals surface area contributed by atoms with Crippen molar-refractivity contribution >= 4 is 17.6 Å². The molecule has 1 aromatic carbocycles. The molecule has 5 nitrogen and oxygen atoms in total. The first-order chi connectivity index (χ1) is 8.08. The summed E-state index contributed by atoms with van der Waals surface area (Å²) in [5.74, 6) is -2.31. The molecule has 0 saturated carbocycles. The normalized spacial score (nSPS) is 9.59. The third-order valence-corrected chi connectivity index (χ3v) is 1.87. The molecule has 1 rings (SSSR count). The lowest BCUT2D eigenvalue weighted by Crippen LogP contribution is -2.25. The number of carbonyl (C=O) groups is 2. The van der Waals surface area contributed by atoms with Crippen LogP contribution in [0.2, 0.25) is 0 Å². The summed E-state index contributed by atoms with van der Waals surface area (Å²) in [6, 6.07) is 3.54. The van der Waals surface area contributed by atoms with Crippen LogP contribution in [0, 0.1) is 5.82 Å². The topological polar surface area (TPSA) is 64.6 Å². The number of esters is 1. The highest BCUT2D eigenvalue weighted by Gasteiger charge is 2.16. The predicted octanol–water partition coefficient (Wildman–Crippen LogP) is 1.34. The number of hydrogen-bond donors (Lipinski definition) is 1. The lowest BCUT2D eigenvalue weighted by atomic mass is 10.3. The molecular weight excluding hydrogens is 229 g/mol. The molecule has 0 atom stereocenters. The number of halogens is 1. The monoisotopic (exact) mass is 241 g/mol. The van der Waals surface area contributed by atoms with Crippen LogP contribution >= 0.6 is 0 Å². The molecule has 0 unspecified atom stereocenters. The van der Waals surface area contributed by atoms with E-state index in [1.165, 1.54) is 13.2 Å². The minimum absolute atomic E-state index is 0.104. The highest BCUT2D eigenvalue weighted by molar-refractivity contribution is 6.37. The second-order valence-corrected chi connectivity index (χ2v) is 3.02. The highest BCUT2D eigenvalue weighted by Crippen LogP contribution is 2.24. The van der Waals surface area contributed by atoms with Crippen LogP contribution in [0.25, 0.3) is 0 Å². The van der Waals surface area contributed by atoms with E-state index in [1.807, 2.05) is 0 Å². The molecule has 0 aromatic heterocycles. The van der Waals surface area contributed by atoms with E-state index in [9.17, 15) is 14.0 Å². The molecule has 6 heteroatoms. The number of ether oxygens (including phenoxy) is 2. The van der Waals surface area contributed by atoms with Gasteiger partial charge in [-0.25, -0.2) is 9.18 Å². The van der Waals surface area contributed by atoms with Gasteiger partial charge >= 0.3 is 11.9 Å². The van der Waals surface area contributed by atoms with Gasteiger partial charge in [0.1, 0.15) is 11.6 Å². The molecule has 0 spiro atoms. The zero-order chi connectivity index (χ0) is 12.8. The summed E-state index contributed by atoms with van der Waals surface area (Å²) in [4.78, 5) is 22.4. The molecule has 0 bridgehead atoms. The summed E-state index contributed by atoms with van der Waals surface area (Å²) >= 11 is 0. The van der Waals surface area contributed by atoms with Gasteiger partial charge in [-0.3, -0.25) is 4.79 Å². The van der Waals surface area contributed by atoms with Crippen molar-refractivity contribution in [1.82, 2.24) is 0 Å². The van der Waals surface area contributed by atoms with Gasteiger partial charge in [0.05, 0.1) is 19.4 Å². The summed E-state index contributed by atoms with van der Waals surface area (Å²) in [5, 5.41) is 2.27. The predicted molar refractivity (Wildman–Crippen MR) is 58.2 cm³/mol.